The maximum atomic E-state index is 13.2. The van der Waals surface area contributed by atoms with E-state index in [4.69, 9.17) is 0 Å². The van der Waals surface area contributed by atoms with E-state index in [2.05, 4.69) is 5.32 Å². The van der Waals surface area contributed by atoms with Crippen LogP contribution in [0.15, 0.2) is 48.5 Å². The Labute approximate surface area is 136 Å². The lowest BCUT2D eigenvalue weighted by atomic mass is 9.97. The Morgan fingerprint density at radius 1 is 1.17 bits per heavy atom. The van der Waals surface area contributed by atoms with Gasteiger partial charge in [0.15, 0.2) is 0 Å². The zero-order chi connectivity index (χ0) is 16.8. The van der Waals surface area contributed by atoms with Crippen molar-refractivity contribution in [1.82, 2.24) is 0 Å². The molecule has 0 aliphatic heterocycles. The molecule has 2 aromatic carbocycles. The van der Waals surface area contributed by atoms with Crippen LogP contribution in [0.25, 0.3) is 0 Å². The van der Waals surface area contributed by atoms with Crippen molar-refractivity contribution >= 4 is 11.6 Å². The van der Waals surface area contributed by atoms with E-state index in [9.17, 15) is 14.3 Å². The van der Waals surface area contributed by atoms with Crippen molar-refractivity contribution < 1.29 is 14.3 Å². The first-order valence-electron chi connectivity index (χ1n) is 7.77. The molecular weight excluding hydrogens is 293 g/mol. The van der Waals surface area contributed by atoms with Crippen LogP contribution >= 0.6 is 0 Å². The lowest BCUT2D eigenvalue weighted by molar-refractivity contribution is -0.116. The molecule has 2 rings (SSSR count). The summed E-state index contributed by atoms with van der Waals surface area (Å²) in [5.74, 6) is -0.275. The topological polar surface area (TPSA) is 49.3 Å². The average Bonchev–Trinajstić information content (AvgIpc) is 2.47. The van der Waals surface area contributed by atoms with Crippen LogP contribution in [-0.2, 0) is 11.2 Å². The second-order valence-corrected chi connectivity index (χ2v) is 5.95. The highest BCUT2D eigenvalue weighted by molar-refractivity contribution is 5.91. The number of carbonyl (C=O) groups excluding carboxylic acids is 1. The van der Waals surface area contributed by atoms with Gasteiger partial charge in [0.2, 0.25) is 5.91 Å². The predicted octanol–water partition coefficient (Wildman–Crippen LogP) is 4.09. The van der Waals surface area contributed by atoms with Gasteiger partial charge in [0.25, 0.3) is 0 Å². The SMILES string of the molecule is CC(CC(=O)Nc1ccccc1C(C)O)Cc1cccc(F)c1. The number of para-hydroxylation sites is 1. The number of hydrogen-bond acceptors (Lipinski definition) is 2. The Bertz CT molecular complexity index is 670. The Kier molecular flexibility index (Phi) is 5.88. The van der Waals surface area contributed by atoms with Crippen molar-refractivity contribution in [1.29, 1.82) is 0 Å². The summed E-state index contributed by atoms with van der Waals surface area (Å²) in [6, 6.07) is 13.6. The minimum absolute atomic E-state index is 0.0931. The van der Waals surface area contributed by atoms with E-state index in [0.29, 0.717) is 24.1 Å². The second kappa shape index (κ2) is 7.88. The number of hydrogen-bond donors (Lipinski definition) is 2. The van der Waals surface area contributed by atoms with E-state index in [1.165, 1.54) is 12.1 Å². The molecule has 0 aliphatic carbocycles. The molecule has 0 bridgehead atoms. The molecule has 1 amide bonds. The quantitative estimate of drug-likeness (QED) is 0.843. The molecule has 0 heterocycles. The summed E-state index contributed by atoms with van der Waals surface area (Å²) in [6.07, 6.45) is 0.338. The van der Waals surface area contributed by atoms with Crippen molar-refractivity contribution in [2.24, 2.45) is 5.92 Å². The van der Waals surface area contributed by atoms with Gasteiger partial charge in [-0.3, -0.25) is 4.79 Å². The number of amides is 1. The van der Waals surface area contributed by atoms with Crippen LogP contribution in [0.5, 0.6) is 0 Å². The van der Waals surface area contributed by atoms with E-state index in [0.717, 1.165) is 5.56 Å². The molecule has 122 valence electrons. The molecule has 2 unspecified atom stereocenters. The van der Waals surface area contributed by atoms with Gasteiger partial charge >= 0.3 is 0 Å². The monoisotopic (exact) mass is 315 g/mol. The molecule has 0 aromatic heterocycles. The Hall–Kier alpha value is -2.20. The maximum absolute atomic E-state index is 13.2. The molecule has 23 heavy (non-hydrogen) atoms. The molecule has 2 aromatic rings. The van der Waals surface area contributed by atoms with Crippen molar-refractivity contribution in [3.8, 4) is 0 Å². The number of benzene rings is 2. The lowest BCUT2D eigenvalue weighted by Gasteiger charge is -2.15. The van der Waals surface area contributed by atoms with Gasteiger partial charge in [-0.25, -0.2) is 4.39 Å². The van der Waals surface area contributed by atoms with Crippen molar-refractivity contribution in [2.45, 2.75) is 32.8 Å². The third-order valence-corrected chi connectivity index (χ3v) is 3.69. The molecule has 0 fully saturated rings. The van der Waals surface area contributed by atoms with Crippen LogP contribution in [0.2, 0.25) is 0 Å². The zero-order valence-corrected chi connectivity index (χ0v) is 13.4. The fourth-order valence-electron chi connectivity index (χ4n) is 2.63. The minimum Gasteiger partial charge on any atom is -0.389 e. The Morgan fingerprint density at radius 2 is 1.91 bits per heavy atom. The predicted molar refractivity (Wildman–Crippen MR) is 89.6 cm³/mol. The smallest absolute Gasteiger partial charge is 0.224 e. The van der Waals surface area contributed by atoms with Gasteiger partial charge in [-0.2, -0.15) is 0 Å². The first-order chi connectivity index (χ1) is 11.0. The van der Waals surface area contributed by atoms with E-state index in [1.807, 2.05) is 25.1 Å². The summed E-state index contributed by atoms with van der Waals surface area (Å²) < 4.78 is 13.2. The van der Waals surface area contributed by atoms with Crippen LogP contribution in [0.4, 0.5) is 10.1 Å². The number of aliphatic hydroxyl groups excluding tert-OH is 1. The minimum atomic E-state index is -0.642. The Morgan fingerprint density at radius 3 is 2.61 bits per heavy atom. The summed E-state index contributed by atoms with van der Waals surface area (Å²) in [7, 11) is 0. The van der Waals surface area contributed by atoms with Gasteiger partial charge in [0, 0.05) is 17.7 Å². The highest BCUT2D eigenvalue weighted by atomic mass is 19.1. The fraction of sp³-hybridized carbons (Fsp3) is 0.316. The largest absolute Gasteiger partial charge is 0.389 e. The van der Waals surface area contributed by atoms with Crippen molar-refractivity contribution in [3.63, 3.8) is 0 Å². The summed E-state index contributed by atoms with van der Waals surface area (Å²) in [4.78, 5) is 12.2. The Balaban J connectivity index is 1.94. The molecule has 0 saturated heterocycles. The standard InChI is InChI=1S/C19H22FNO2/c1-13(10-15-6-5-7-16(20)12-15)11-19(23)21-18-9-4-3-8-17(18)14(2)22/h3-9,12-14,22H,10-11H2,1-2H3,(H,21,23). The fourth-order valence-corrected chi connectivity index (χ4v) is 2.63. The summed E-state index contributed by atoms with van der Waals surface area (Å²) in [5, 5.41) is 12.6. The number of anilines is 1. The molecule has 3 nitrogen and oxygen atoms in total. The first kappa shape index (κ1) is 17.2. The number of rotatable bonds is 6. The first-order valence-corrected chi connectivity index (χ1v) is 7.77. The molecule has 4 heteroatoms. The molecule has 2 atom stereocenters. The van der Waals surface area contributed by atoms with Gasteiger partial charge in [-0.15, -0.1) is 0 Å². The van der Waals surface area contributed by atoms with E-state index < -0.39 is 6.10 Å². The summed E-state index contributed by atoms with van der Waals surface area (Å²) >= 11 is 0. The molecule has 0 spiro atoms. The lowest BCUT2D eigenvalue weighted by Crippen LogP contribution is -2.17. The van der Waals surface area contributed by atoms with Gasteiger partial charge in [0.1, 0.15) is 5.82 Å². The van der Waals surface area contributed by atoms with Crippen molar-refractivity contribution in [2.75, 3.05) is 5.32 Å². The summed E-state index contributed by atoms with van der Waals surface area (Å²) in [6.45, 7) is 3.63. The van der Waals surface area contributed by atoms with Gasteiger partial charge in [-0.1, -0.05) is 37.3 Å². The highest BCUT2D eigenvalue weighted by Gasteiger charge is 2.13. The summed E-state index contributed by atoms with van der Waals surface area (Å²) in [5.41, 5.74) is 2.21. The third-order valence-electron chi connectivity index (χ3n) is 3.69. The highest BCUT2D eigenvalue weighted by Crippen LogP contribution is 2.23. The molecule has 0 radical (unpaired) electrons. The third kappa shape index (κ3) is 5.18. The van der Waals surface area contributed by atoms with Crippen LogP contribution in [0.3, 0.4) is 0 Å². The number of carbonyl (C=O) groups is 1. The van der Waals surface area contributed by atoms with Crippen LogP contribution < -0.4 is 5.32 Å². The number of halogens is 1. The zero-order valence-electron chi connectivity index (χ0n) is 13.4. The maximum Gasteiger partial charge on any atom is 0.224 e. The normalized spacial score (nSPS) is 13.4. The average molecular weight is 315 g/mol. The van der Waals surface area contributed by atoms with Crippen LogP contribution in [-0.4, -0.2) is 11.0 Å². The van der Waals surface area contributed by atoms with E-state index in [1.54, 1.807) is 25.1 Å². The number of aliphatic hydroxyl groups is 1. The van der Waals surface area contributed by atoms with Crippen LogP contribution in [0, 0.1) is 11.7 Å². The number of nitrogens with one attached hydrogen (secondary N) is 1. The van der Waals surface area contributed by atoms with Crippen LogP contribution in [0.1, 0.15) is 37.5 Å². The van der Waals surface area contributed by atoms with Gasteiger partial charge in [0.05, 0.1) is 6.10 Å². The molecule has 2 N–H and O–H groups in total. The molecule has 0 aliphatic rings. The molecule has 0 saturated carbocycles. The second-order valence-electron chi connectivity index (χ2n) is 5.95. The van der Waals surface area contributed by atoms with E-state index in [-0.39, 0.29) is 17.6 Å². The van der Waals surface area contributed by atoms with Gasteiger partial charge < -0.3 is 10.4 Å². The van der Waals surface area contributed by atoms with Crippen molar-refractivity contribution in [3.05, 3.63) is 65.5 Å². The van der Waals surface area contributed by atoms with E-state index >= 15 is 0 Å². The molecular formula is C19H22FNO2. The van der Waals surface area contributed by atoms with Gasteiger partial charge in [-0.05, 0) is 43.0 Å².